The summed E-state index contributed by atoms with van der Waals surface area (Å²) in [6.07, 6.45) is 2.13. The molecule has 0 saturated heterocycles. The van der Waals surface area contributed by atoms with E-state index in [2.05, 4.69) is 15.0 Å². The number of carbonyl (C=O) groups excluding carboxylic acids is 2. The van der Waals surface area contributed by atoms with E-state index >= 15 is 0 Å². The van der Waals surface area contributed by atoms with Gasteiger partial charge in [-0.15, -0.1) is 0 Å². The molecule has 0 fully saturated rings. The van der Waals surface area contributed by atoms with Crippen LogP contribution in [0.1, 0.15) is 80.6 Å². The van der Waals surface area contributed by atoms with Crippen LogP contribution in [-0.4, -0.2) is 36.6 Å². The van der Waals surface area contributed by atoms with Crippen LogP contribution in [0.25, 0.3) is 0 Å². The highest BCUT2D eigenvalue weighted by atomic mass is 32.2. The van der Waals surface area contributed by atoms with Gasteiger partial charge in [0.1, 0.15) is 17.6 Å². The molecule has 1 amide bonds. The molecule has 0 atom stereocenters. The van der Waals surface area contributed by atoms with Gasteiger partial charge in [0, 0.05) is 17.6 Å². The van der Waals surface area contributed by atoms with E-state index in [0.29, 0.717) is 22.9 Å². The summed E-state index contributed by atoms with van der Waals surface area (Å²) in [5.41, 5.74) is 2.81. The van der Waals surface area contributed by atoms with Crippen molar-refractivity contribution in [2.24, 2.45) is 0 Å². The molecule has 0 spiro atoms. The lowest BCUT2D eigenvalue weighted by Gasteiger charge is -2.20. The third kappa shape index (κ3) is 7.68. The average Bonchev–Trinajstić information content (AvgIpc) is 3.17. The van der Waals surface area contributed by atoms with Gasteiger partial charge in [0.2, 0.25) is 6.41 Å². The number of aromatic nitrogens is 1. The van der Waals surface area contributed by atoms with Gasteiger partial charge < -0.3 is 19.6 Å². The summed E-state index contributed by atoms with van der Waals surface area (Å²) >= 11 is 1.27. The highest BCUT2D eigenvalue weighted by Gasteiger charge is 2.21. The number of carbonyl (C=O) groups is 2. The molecule has 0 aliphatic heterocycles. The minimum absolute atomic E-state index is 0.199. The Hall–Kier alpha value is -2.36. The first-order chi connectivity index (χ1) is 14.5. The van der Waals surface area contributed by atoms with Gasteiger partial charge in [-0.25, -0.2) is 9.78 Å². The standard InChI is InChI=1S/C15H21NO3.C7H12N2O2S/c1-9(2)12-6-11(15(18)19-5)7-13(10(3)4)14(12)16-8-17;1-7(2,10)5-4-11-6(9-5)12-8-3/h6-10H,1-5H3,(H,16,17);4,8,10H,1-3H3. The number of hydrogen-bond donors (Lipinski definition) is 3. The second-order valence-corrected chi connectivity index (χ2v) is 8.92. The van der Waals surface area contributed by atoms with Crippen molar-refractivity contribution < 1.29 is 23.8 Å². The second-order valence-electron chi connectivity index (χ2n) is 7.96. The van der Waals surface area contributed by atoms with Gasteiger partial charge in [-0.05, 0) is 56.0 Å². The molecule has 31 heavy (non-hydrogen) atoms. The molecule has 0 bridgehead atoms. The highest BCUT2D eigenvalue weighted by molar-refractivity contribution is 7.97. The number of aliphatic hydroxyl groups is 1. The number of nitrogens with zero attached hydrogens (tertiary/aromatic N) is 1. The lowest BCUT2D eigenvalue weighted by molar-refractivity contribution is -0.105. The van der Waals surface area contributed by atoms with E-state index in [0.717, 1.165) is 16.8 Å². The molecule has 0 unspecified atom stereocenters. The van der Waals surface area contributed by atoms with E-state index in [9.17, 15) is 14.7 Å². The Balaban J connectivity index is 0.000000343. The van der Waals surface area contributed by atoms with Gasteiger partial charge in [-0.2, -0.15) is 0 Å². The van der Waals surface area contributed by atoms with Crippen molar-refractivity contribution in [3.8, 4) is 0 Å². The second kappa shape index (κ2) is 11.9. The minimum atomic E-state index is -0.934. The third-order valence-electron chi connectivity index (χ3n) is 4.37. The van der Waals surface area contributed by atoms with E-state index in [4.69, 9.17) is 9.15 Å². The Morgan fingerprint density at radius 1 is 1.23 bits per heavy atom. The third-order valence-corrected chi connectivity index (χ3v) is 4.93. The fourth-order valence-corrected chi connectivity index (χ4v) is 3.15. The number of esters is 1. The van der Waals surface area contributed by atoms with E-state index < -0.39 is 5.60 Å². The maximum absolute atomic E-state index is 11.7. The summed E-state index contributed by atoms with van der Waals surface area (Å²) in [6, 6.07) is 3.57. The molecule has 0 saturated carbocycles. The predicted octanol–water partition coefficient (Wildman–Crippen LogP) is 4.42. The average molecular weight is 452 g/mol. The summed E-state index contributed by atoms with van der Waals surface area (Å²) in [4.78, 5) is 26.6. The molecular weight excluding hydrogens is 418 g/mol. The van der Waals surface area contributed by atoms with Crippen molar-refractivity contribution in [3.63, 3.8) is 0 Å². The maximum Gasteiger partial charge on any atom is 0.337 e. The number of anilines is 1. The lowest BCUT2D eigenvalue weighted by atomic mass is 9.90. The molecule has 9 heteroatoms. The number of benzene rings is 1. The quantitative estimate of drug-likeness (QED) is 0.307. The van der Waals surface area contributed by atoms with E-state index in [-0.39, 0.29) is 17.8 Å². The molecule has 0 aliphatic rings. The molecule has 1 aromatic heterocycles. The summed E-state index contributed by atoms with van der Waals surface area (Å²) < 4.78 is 12.7. The zero-order valence-corrected chi connectivity index (χ0v) is 20.2. The Morgan fingerprint density at radius 3 is 2.13 bits per heavy atom. The largest absolute Gasteiger partial charge is 0.465 e. The Morgan fingerprint density at radius 2 is 1.77 bits per heavy atom. The van der Waals surface area contributed by atoms with Crippen LogP contribution < -0.4 is 10.0 Å². The van der Waals surface area contributed by atoms with E-state index in [1.54, 1.807) is 33.0 Å². The van der Waals surface area contributed by atoms with Crippen LogP contribution in [-0.2, 0) is 15.1 Å². The van der Waals surface area contributed by atoms with Crippen LogP contribution in [0.4, 0.5) is 5.69 Å². The van der Waals surface area contributed by atoms with E-state index in [1.165, 1.54) is 25.3 Å². The van der Waals surface area contributed by atoms with Gasteiger partial charge in [0.05, 0.1) is 12.7 Å². The molecule has 0 radical (unpaired) electrons. The van der Waals surface area contributed by atoms with Crippen LogP contribution in [0.5, 0.6) is 0 Å². The number of hydrogen-bond acceptors (Lipinski definition) is 8. The molecule has 1 heterocycles. The van der Waals surface area contributed by atoms with Crippen LogP contribution in [0.15, 0.2) is 28.0 Å². The van der Waals surface area contributed by atoms with Crippen LogP contribution in [0.2, 0.25) is 0 Å². The van der Waals surface area contributed by atoms with Crippen LogP contribution in [0, 0.1) is 0 Å². The monoisotopic (exact) mass is 451 g/mol. The van der Waals surface area contributed by atoms with Crippen molar-refractivity contribution in [2.45, 2.75) is 64.2 Å². The molecule has 2 rings (SSSR count). The first-order valence-electron chi connectivity index (χ1n) is 9.94. The molecule has 2 aromatic rings. The van der Waals surface area contributed by atoms with Gasteiger partial charge in [-0.1, -0.05) is 27.7 Å². The number of methoxy groups -OCH3 is 1. The SMILES string of the molecule is CNSc1nc(C(C)(C)O)co1.COC(=O)c1cc(C(C)C)c(NC=O)c(C(C)C)c1. The maximum atomic E-state index is 11.7. The number of nitrogens with one attached hydrogen (secondary N) is 2. The summed E-state index contributed by atoms with van der Waals surface area (Å²) in [5.74, 6) is 0.0376. The zero-order valence-electron chi connectivity index (χ0n) is 19.4. The molecular formula is C22H33N3O5S. The predicted molar refractivity (Wildman–Crippen MR) is 122 cm³/mol. The van der Waals surface area contributed by atoms with Gasteiger partial charge in [-0.3, -0.25) is 9.52 Å². The Labute approximate surface area is 188 Å². The molecule has 172 valence electrons. The summed E-state index contributed by atoms with van der Waals surface area (Å²) in [6.45, 7) is 11.4. The van der Waals surface area contributed by atoms with E-state index in [1.807, 2.05) is 27.7 Å². The van der Waals surface area contributed by atoms with Crippen molar-refractivity contribution in [1.82, 2.24) is 9.71 Å². The van der Waals surface area contributed by atoms with Gasteiger partial charge in [0.15, 0.2) is 0 Å². The Bertz CT molecular complexity index is 843. The smallest absolute Gasteiger partial charge is 0.337 e. The molecule has 3 N–H and O–H groups in total. The number of oxazole rings is 1. The molecule has 8 nitrogen and oxygen atoms in total. The van der Waals surface area contributed by atoms with Gasteiger partial charge in [0.25, 0.3) is 5.22 Å². The minimum Gasteiger partial charge on any atom is -0.465 e. The van der Waals surface area contributed by atoms with Crippen molar-refractivity contribution in [3.05, 3.63) is 40.8 Å². The highest BCUT2D eigenvalue weighted by Crippen LogP contribution is 2.33. The topological polar surface area (TPSA) is 114 Å². The van der Waals surface area contributed by atoms with Crippen molar-refractivity contribution in [1.29, 1.82) is 0 Å². The fraction of sp³-hybridized carbons (Fsp3) is 0.500. The first kappa shape index (κ1) is 26.7. The molecule has 1 aromatic carbocycles. The van der Waals surface area contributed by atoms with Crippen molar-refractivity contribution >= 4 is 30.0 Å². The normalized spacial score (nSPS) is 11.2. The lowest BCUT2D eigenvalue weighted by Crippen LogP contribution is -2.15. The first-order valence-corrected chi connectivity index (χ1v) is 10.8. The summed E-state index contributed by atoms with van der Waals surface area (Å²) in [5, 5.41) is 12.8. The summed E-state index contributed by atoms with van der Waals surface area (Å²) in [7, 11) is 3.14. The van der Waals surface area contributed by atoms with Crippen LogP contribution in [0.3, 0.4) is 0 Å². The fourth-order valence-electron chi connectivity index (χ4n) is 2.73. The number of amides is 1. The number of rotatable bonds is 8. The Kier molecular flexibility index (Phi) is 10.2. The molecule has 0 aliphatic carbocycles. The van der Waals surface area contributed by atoms with Crippen LogP contribution >= 0.6 is 11.9 Å². The van der Waals surface area contributed by atoms with Gasteiger partial charge >= 0.3 is 5.97 Å². The van der Waals surface area contributed by atoms with Crippen molar-refractivity contribution in [2.75, 3.05) is 19.5 Å². The zero-order chi connectivity index (χ0) is 23.8. The number of ether oxygens (including phenoxy) is 1.